The first kappa shape index (κ1) is 18.6. The largest absolute Gasteiger partial charge is 0.508 e. The fraction of sp³-hybridized carbons (Fsp3) is 0.350. The normalized spacial score (nSPS) is 11.8. The molecule has 0 bridgehead atoms. The van der Waals surface area contributed by atoms with Gasteiger partial charge in [-0.2, -0.15) is 0 Å². The van der Waals surface area contributed by atoms with Crippen molar-refractivity contribution in [1.82, 2.24) is 10.6 Å². The lowest BCUT2D eigenvalue weighted by atomic mass is 10.0. The molecule has 0 aliphatic heterocycles. The summed E-state index contributed by atoms with van der Waals surface area (Å²) in [5, 5.41) is 14.8. The van der Waals surface area contributed by atoms with Crippen molar-refractivity contribution in [2.24, 2.45) is 0 Å². The van der Waals surface area contributed by atoms with Gasteiger partial charge in [-0.25, -0.2) is 4.79 Å². The zero-order chi connectivity index (χ0) is 18.2. The SMILES string of the molecule is CC(NC(=O)NCCc1ccc(O)cc1)Oc1ccc(C(C)C)cc1. The van der Waals surface area contributed by atoms with Gasteiger partial charge in [0.1, 0.15) is 11.5 Å². The quantitative estimate of drug-likeness (QED) is 0.671. The molecule has 0 spiro atoms. The predicted molar refractivity (Wildman–Crippen MR) is 99.0 cm³/mol. The lowest BCUT2D eigenvalue weighted by Gasteiger charge is -2.17. The average molecular weight is 342 g/mol. The van der Waals surface area contributed by atoms with Crippen molar-refractivity contribution in [2.75, 3.05) is 6.54 Å². The average Bonchev–Trinajstić information content (AvgIpc) is 2.57. The fourth-order valence-corrected chi connectivity index (χ4v) is 2.38. The van der Waals surface area contributed by atoms with Crippen LogP contribution in [0.15, 0.2) is 48.5 Å². The van der Waals surface area contributed by atoms with Gasteiger partial charge in [-0.15, -0.1) is 0 Å². The Morgan fingerprint density at radius 2 is 1.68 bits per heavy atom. The molecule has 5 nitrogen and oxygen atoms in total. The maximum absolute atomic E-state index is 11.9. The summed E-state index contributed by atoms with van der Waals surface area (Å²) in [6, 6.07) is 14.6. The smallest absolute Gasteiger partial charge is 0.317 e. The van der Waals surface area contributed by atoms with Crippen LogP contribution >= 0.6 is 0 Å². The summed E-state index contributed by atoms with van der Waals surface area (Å²) in [6.07, 6.45) is 0.262. The maximum Gasteiger partial charge on any atom is 0.317 e. The molecular formula is C20H26N2O3. The van der Waals surface area contributed by atoms with Crippen LogP contribution in [0.4, 0.5) is 4.79 Å². The molecule has 0 heterocycles. The Balaban J connectivity index is 1.71. The first-order valence-electron chi connectivity index (χ1n) is 8.53. The zero-order valence-corrected chi connectivity index (χ0v) is 15.0. The molecule has 0 saturated heterocycles. The third-order valence-electron chi connectivity index (χ3n) is 3.83. The first-order valence-corrected chi connectivity index (χ1v) is 8.53. The molecule has 2 rings (SSSR count). The second-order valence-electron chi connectivity index (χ2n) is 6.30. The zero-order valence-electron chi connectivity index (χ0n) is 15.0. The van der Waals surface area contributed by atoms with Crippen LogP contribution < -0.4 is 15.4 Å². The molecule has 3 N–H and O–H groups in total. The van der Waals surface area contributed by atoms with E-state index in [0.29, 0.717) is 18.9 Å². The Labute approximate surface area is 149 Å². The number of urea groups is 1. The minimum atomic E-state index is -0.432. The van der Waals surface area contributed by atoms with Crippen molar-refractivity contribution in [3.05, 3.63) is 59.7 Å². The van der Waals surface area contributed by atoms with Crippen molar-refractivity contribution in [1.29, 1.82) is 0 Å². The minimum absolute atomic E-state index is 0.238. The molecule has 2 aromatic rings. The van der Waals surface area contributed by atoms with E-state index in [-0.39, 0.29) is 11.8 Å². The summed E-state index contributed by atoms with van der Waals surface area (Å²) in [5.74, 6) is 1.44. The van der Waals surface area contributed by atoms with E-state index in [1.54, 1.807) is 19.1 Å². The molecule has 1 atom stereocenters. The van der Waals surface area contributed by atoms with Crippen molar-refractivity contribution in [3.8, 4) is 11.5 Å². The van der Waals surface area contributed by atoms with Gasteiger partial charge in [-0.05, 0) is 54.7 Å². The number of ether oxygens (including phenoxy) is 1. The van der Waals surface area contributed by atoms with Gasteiger partial charge >= 0.3 is 6.03 Å². The topological polar surface area (TPSA) is 70.6 Å². The molecular weight excluding hydrogens is 316 g/mol. The fourth-order valence-electron chi connectivity index (χ4n) is 2.38. The van der Waals surface area contributed by atoms with E-state index in [9.17, 15) is 9.90 Å². The van der Waals surface area contributed by atoms with Gasteiger partial charge in [0.25, 0.3) is 0 Å². The first-order chi connectivity index (χ1) is 11.9. The van der Waals surface area contributed by atoms with Gasteiger partial charge in [0.2, 0.25) is 0 Å². The standard InChI is InChI=1S/C20H26N2O3/c1-14(2)17-6-10-19(11-7-17)25-15(3)22-20(24)21-13-12-16-4-8-18(23)9-5-16/h4-11,14-15,23H,12-13H2,1-3H3,(H2,21,22,24). The molecule has 0 aliphatic rings. The number of hydrogen-bond donors (Lipinski definition) is 3. The molecule has 0 fully saturated rings. The van der Waals surface area contributed by atoms with E-state index in [0.717, 1.165) is 11.3 Å². The monoisotopic (exact) mass is 342 g/mol. The Hall–Kier alpha value is -2.69. The molecule has 1 unspecified atom stereocenters. The summed E-state index contributed by atoms with van der Waals surface area (Å²) in [5.41, 5.74) is 2.30. The number of phenolic OH excluding ortho intramolecular Hbond substituents is 1. The predicted octanol–water partition coefficient (Wildman–Crippen LogP) is 3.78. The summed E-state index contributed by atoms with van der Waals surface area (Å²) in [6.45, 7) is 6.58. The van der Waals surface area contributed by atoms with E-state index in [1.807, 2.05) is 36.4 Å². The highest BCUT2D eigenvalue weighted by atomic mass is 16.5. The van der Waals surface area contributed by atoms with Crippen molar-refractivity contribution in [3.63, 3.8) is 0 Å². The van der Waals surface area contributed by atoms with Crippen LogP contribution in [-0.4, -0.2) is 23.9 Å². The van der Waals surface area contributed by atoms with Gasteiger partial charge in [0.15, 0.2) is 6.23 Å². The van der Waals surface area contributed by atoms with Gasteiger partial charge in [0, 0.05) is 6.54 Å². The van der Waals surface area contributed by atoms with Crippen LogP contribution in [0, 0.1) is 0 Å². The molecule has 2 amide bonds. The lowest BCUT2D eigenvalue weighted by molar-refractivity contribution is 0.177. The number of amides is 2. The number of nitrogens with one attached hydrogen (secondary N) is 2. The summed E-state index contributed by atoms with van der Waals surface area (Å²) in [7, 11) is 0. The van der Waals surface area contributed by atoms with Gasteiger partial charge in [-0.1, -0.05) is 38.1 Å². The van der Waals surface area contributed by atoms with Crippen LogP contribution in [0.25, 0.3) is 0 Å². The highest BCUT2D eigenvalue weighted by molar-refractivity contribution is 5.74. The van der Waals surface area contributed by atoms with Crippen LogP contribution in [0.5, 0.6) is 11.5 Å². The van der Waals surface area contributed by atoms with E-state index >= 15 is 0 Å². The molecule has 5 heteroatoms. The van der Waals surface area contributed by atoms with Crippen LogP contribution in [0.1, 0.15) is 37.8 Å². The second-order valence-corrected chi connectivity index (χ2v) is 6.30. The number of phenols is 1. The van der Waals surface area contributed by atoms with E-state index in [2.05, 4.69) is 24.5 Å². The molecule has 0 saturated carbocycles. The molecule has 0 radical (unpaired) electrons. The summed E-state index contributed by atoms with van der Waals surface area (Å²) >= 11 is 0. The van der Waals surface area contributed by atoms with Crippen LogP contribution in [-0.2, 0) is 6.42 Å². The van der Waals surface area contributed by atoms with Crippen LogP contribution in [0.2, 0.25) is 0 Å². The maximum atomic E-state index is 11.9. The van der Waals surface area contributed by atoms with Gasteiger partial charge in [-0.3, -0.25) is 0 Å². The Morgan fingerprint density at radius 1 is 1.04 bits per heavy atom. The van der Waals surface area contributed by atoms with Gasteiger partial charge < -0.3 is 20.5 Å². The highest BCUT2D eigenvalue weighted by Crippen LogP contribution is 2.19. The number of rotatable bonds is 7. The van der Waals surface area contributed by atoms with E-state index < -0.39 is 6.23 Å². The number of carbonyl (C=O) groups excluding carboxylic acids is 1. The third-order valence-corrected chi connectivity index (χ3v) is 3.83. The van der Waals surface area contributed by atoms with E-state index in [4.69, 9.17) is 4.74 Å². The molecule has 2 aromatic carbocycles. The lowest BCUT2D eigenvalue weighted by Crippen LogP contribution is -2.43. The summed E-state index contributed by atoms with van der Waals surface area (Å²) in [4.78, 5) is 11.9. The van der Waals surface area contributed by atoms with Crippen molar-refractivity contribution < 1.29 is 14.6 Å². The molecule has 0 aromatic heterocycles. The Bertz CT molecular complexity index is 666. The summed E-state index contributed by atoms with van der Waals surface area (Å²) < 4.78 is 5.70. The third kappa shape index (κ3) is 6.37. The molecule has 0 aliphatic carbocycles. The minimum Gasteiger partial charge on any atom is -0.508 e. The second kappa shape index (κ2) is 8.97. The van der Waals surface area contributed by atoms with Crippen molar-refractivity contribution in [2.45, 2.75) is 39.3 Å². The number of benzene rings is 2. The number of aromatic hydroxyl groups is 1. The van der Waals surface area contributed by atoms with Crippen molar-refractivity contribution >= 4 is 6.03 Å². The highest BCUT2D eigenvalue weighted by Gasteiger charge is 2.08. The van der Waals surface area contributed by atoms with Gasteiger partial charge in [0.05, 0.1) is 0 Å². The molecule has 25 heavy (non-hydrogen) atoms. The number of hydrogen-bond acceptors (Lipinski definition) is 3. The Kier molecular flexibility index (Phi) is 6.69. The van der Waals surface area contributed by atoms with E-state index in [1.165, 1.54) is 5.56 Å². The Morgan fingerprint density at radius 3 is 2.28 bits per heavy atom. The molecule has 134 valence electrons. The van der Waals surface area contributed by atoms with Crippen LogP contribution in [0.3, 0.4) is 0 Å². The number of carbonyl (C=O) groups is 1.